The van der Waals surface area contributed by atoms with Crippen molar-refractivity contribution in [3.05, 3.63) is 24.3 Å². The number of fused-ring (bicyclic) bond motifs is 2. The number of rotatable bonds is 0. The maximum absolute atomic E-state index is 2.41. The lowest BCUT2D eigenvalue weighted by atomic mass is 10.0. The van der Waals surface area contributed by atoms with Gasteiger partial charge in [0.15, 0.2) is 0 Å². The molecule has 0 aromatic carbocycles. The highest BCUT2D eigenvalue weighted by atomic mass is 15.3. The Morgan fingerprint density at radius 2 is 1.92 bits per heavy atom. The third kappa shape index (κ3) is 1.61. The van der Waals surface area contributed by atoms with Crippen molar-refractivity contribution in [3.8, 4) is 0 Å². The molecule has 66 valence electrons. The van der Waals surface area contributed by atoms with Crippen molar-refractivity contribution in [1.29, 1.82) is 0 Å². The van der Waals surface area contributed by atoms with E-state index in [1.807, 2.05) is 0 Å². The van der Waals surface area contributed by atoms with Gasteiger partial charge in [-0.15, -0.1) is 0 Å². The van der Waals surface area contributed by atoms with Crippen LogP contribution in [0.4, 0.5) is 0 Å². The standard InChI is InChI=1S/C11H18N/c1-12(2)8-10-4-3-5-11(9-12)7-6-10/h3-4,6-7,10-11H,5,8-9H2,1-2H3/q+1. The number of quaternary nitrogens is 1. The SMILES string of the molecule is C[N+]1(C)CC2C=CCC(C=C2)C1. The fourth-order valence-corrected chi connectivity index (χ4v) is 2.41. The van der Waals surface area contributed by atoms with E-state index in [-0.39, 0.29) is 0 Å². The Morgan fingerprint density at radius 3 is 2.75 bits per heavy atom. The van der Waals surface area contributed by atoms with Gasteiger partial charge in [-0.2, -0.15) is 0 Å². The van der Waals surface area contributed by atoms with Crippen LogP contribution >= 0.6 is 0 Å². The molecule has 0 amide bonds. The van der Waals surface area contributed by atoms with Crippen LogP contribution in [0, 0.1) is 11.8 Å². The summed E-state index contributed by atoms with van der Waals surface area (Å²) >= 11 is 0. The van der Waals surface area contributed by atoms with Gasteiger partial charge in [-0.1, -0.05) is 24.3 Å². The minimum absolute atomic E-state index is 0.687. The van der Waals surface area contributed by atoms with Crippen molar-refractivity contribution in [2.75, 3.05) is 27.2 Å². The molecular formula is C11H18N+. The van der Waals surface area contributed by atoms with E-state index in [1.165, 1.54) is 24.0 Å². The lowest BCUT2D eigenvalue weighted by molar-refractivity contribution is -0.894. The average molecular weight is 164 g/mol. The van der Waals surface area contributed by atoms with Crippen molar-refractivity contribution in [2.24, 2.45) is 11.8 Å². The minimum atomic E-state index is 0.687. The van der Waals surface area contributed by atoms with Crippen LogP contribution in [-0.2, 0) is 0 Å². The van der Waals surface area contributed by atoms with Crippen molar-refractivity contribution in [2.45, 2.75) is 6.42 Å². The molecule has 12 heavy (non-hydrogen) atoms. The molecule has 0 spiro atoms. The zero-order valence-electron chi connectivity index (χ0n) is 8.03. The summed E-state index contributed by atoms with van der Waals surface area (Å²) in [6, 6.07) is 0. The monoisotopic (exact) mass is 164 g/mol. The van der Waals surface area contributed by atoms with E-state index in [1.54, 1.807) is 0 Å². The van der Waals surface area contributed by atoms with Crippen LogP contribution in [0.25, 0.3) is 0 Å². The molecule has 2 atom stereocenters. The molecule has 1 nitrogen and oxygen atoms in total. The summed E-state index contributed by atoms with van der Waals surface area (Å²) in [7, 11) is 4.68. The summed E-state index contributed by atoms with van der Waals surface area (Å²) in [6.45, 7) is 2.57. The Labute approximate surface area is 75.0 Å². The quantitative estimate of drug-likeness (QED) is 0.378. The predicted octanol–water partition coefficient (Wildman–Crippen LogP) is 1.82. The first-order chi connectivity index (χ1) is 5.66. The predicted molar refractivity (Wildman–Crippen MR) is 51.7 cm³/mol. The summed E-state index contributed by atoms with van der Waals surface area (Å²) in [4.78, 5) is 0. The maximum Gasteiger partial charge on any atom is 0.0881 e. The molecule has 1 heteroatoms. The highest BCUT2D eigenvalue weighted by Gasteiger charge is 2.27. The summed E-state index contributed by atoms with van der Waals surface area (Å²) in [6.07, 6.45) is 10.8. The molecular weight excluding hydrogens is 146 g/mol. The van der Waals surface area contributed by atoms with E-state index in [2.05, 4.69) is 38.4 Å². The van der Waals surface area contributed by atoms with Crippen molar-refractivity contribution in [3.63, 3.8) is 0 Å². The summed E-state index contributed by atoms with van der Waals surface area (Å²) in [5, 5.41) is 0. The fraction of sp³-hybridized carbons (Fsp3) is 0.636. The first-order valence-electron chi connectivity index (χ1n) is 4.83. The second-order valence-corrected chi connectivity index (χ2v) is 4.77. The highest BCUT2D eigenvalue weighted by molar-refractivity contribution is 5.09. The second-order valence-electron chi connectivity index (χ2n) is 4.77. The first kappa shape index (κ1) is 8.06. The van der Waals surface area contributed by atoms with Crippen LogP contribution in [0.15, 0.2) is 24.3 Å². The van der Waals surface area contributed by atoms with Crippen LogP contribution in [-0.4, -0.2) is 31.7 Å². The van der Waals surface area contributed by atoms with E-state index in [0.29, 0.717) is 5.92 Å². The van der Waals surface area contributed by atoms with Gasteiger partial charge in [0.2, 0.25) is 0 Å². The molecule has 0 saturated carbocycles. The van der Waals surface area contributed by atoms with Crippen molar-refractivity contribution in [1.82, 2.24) is 0 Å². The first-order valence-corrected chi connectivity index (χ1v) is 4.83. The Bertz CT molecular complexity index is 225. The third-order valence-electron chi connectivity index (χ3n) is 2.89. The zero-order chi connectivity index (χ0) is 8.60. The molecule has 2 bridgehead atoms. The Hall–Kier alpha value is -0.560. The largest absolute Gasteiger partial charge is 0.327 e. The molecule has 1 aliphatic heterocycles. The van der Waals surface area contributed by atoms with Crippen LogP contribution in [0.3, 0.4) is 0 Å². The third-order valence-corrected chi connectivity index (χ3v) is 2.89. The molecule has 0 saturated heterocycles. The zero-order valence-corrected chi connectivity index (χ0v) is 8.03. The van der Waals surface area contributed by atoms with Crippen molar-refractivity contribution >= 4 is 0 Å². The Morgan fingerprint density at radius 1 is 1.08 bits per heavy atom. The molecule has 1 heterocycles. The highest BCUT2D eigenvalue weighted by Crippen LogP contribution is 2.24. The van der Waals surface area contributed by atoms with Gasteiger partial charge in [0.1, 0.15) is 0 Å². The summed E-state index contributed by atoms with van der Waals surface area (Å²) in [5.41, 5.74) is 0. The normalized spacial score (nSPS) is 37.8. The topological polar surface area (TPSA) is 0 Å². The van der Waals surface area contributed by atoms with E-state index in [0.717, 1.165) is 5.92 Å². The van der Waals surface area contributed by atoms with Gasteiger partial charge in [0, 0.05) is 11.8 Å². The van der Waals surface area contributed by atoms with Crippen molar-refractivity contribution < 1.29 is 4.48 Å². The van der Waals surface area contributed by atoms with Crippen LogP contribution in [0.5, 0.6) is 0 Å². The van der Waals surface area contributed by atoms with Gasteiger partial charge in [0.05, 0.1) is 27.2 Å². The minimum Gasteiger partial charge on any atom is -0.327 e. The van der Waals surface area contributed by atoms with E-state index >= 15 is 0 Å². The molecule has 0 N–H and O–H groups in total. The molecule has 2 rings (SSSR count). The number of nitrogens with zero attached hydrogens (tertiary/aromatic N) is 1. The second kappa shape index (κ2) is 2.74. The molecule has 2 aliphatic rings. The Balaban J connectivity index is 2.25. The van der Waals surface area contributed by atoms with Gasteiger partial charge in [0.25, 0.3) is 0 Å². The van der Waals surface area contributed by atoms with Crippen LogP contribution in [0.2, 0.25) is 0 Å². The summed E-state index contributed by atoms with van der Waals surface area (Å²) < 4.78 is 1.17. The molecule has 0 aromatic heterocycles. The Kier molecular flexibility index (Phi) is 1.84. The molecule has 2 unspecified atom stereocenters. The van der Waals surface area contributed by atoms with E-state index in [9.17, 15) is 0 Å². The number of hydrogen-bond acceptors (Lipinski definition) is 0. The molecule has 1 aliphatic carbocycles. The van der Waals surface area contributed by atoms with Gasteiger partial charge in [-0.05, 0) is 6.42 Å². The van der Waals surface area contributed by atoms with E-state index < -0.39 is 0 Å². The summed E-state index contributed by atoms with van der Waals surface area (Å²) in [5.74, 6) is 1.47. The lowest BCUT2D eigenvalue weighted by Crippen LogP contribution is -2.45. The van der Waals surface area contributed by atoms with Gasteiger partial charge in [-0.25, -0.2) is 0 Å². The number of allylic oxidation sites excluding steroid dienone is 1. The van der Waals surface area contributed by atoms with Gasteiger partial charge < -0.3 is 4.48 Å². The average Bonchev–Trinajstić information content (AvgIpc) is 2.17. The van der Waals surface area contributed by atoms with Gasteiger partial charge >= 0.3 is 0 Å². The van der Waals surface area contributed by atoms with Gasteiger partial charge in [-0.3, -0.25) is 0 Å². The van der Waals surface area contributed by atoms with E-state index in [4.69, 9.17) is 0 Å². The molecule has 0 radical (unpaired) electrons. The van der Waals surface area contributed by atoms with Crippen LogP contribution in [0.1, 0.15) is 6.42 Å². The molecule has 0 fully saturated rings. The fourth-order valence-electron chi connectivity index (χ4n) is 2.41. The maximum atomic E-state index is 2.41. The van der Waals surface area contributed by atoms with Crippen LogP contribution < -0.4 is 0 Å². The lowest BCUT2D eigenvalue weighted by Gasteiger charge is -2.33. The smallest absolute Gasteiger partial charge is 0.0881 e. The molecule has 0 aromatic rings. The number of hydrogen-bond donors (Lipinski definition) is 0.